The summed E-state index contributed by atoms with van der Waals surface area (Å²) in [7, 11) is 0. The molecular formula is C21H24N6OS. The van der Waals surface area contributed by atoms with Gasteiger partial charge in [-0.2, -0.15) is 0 Å². The van der Waals surface area contributed by atoms with Gasteiger partial charge >= 0.3 is 0 Å². The summed E-state index contributed by atoms with van der Waals surface area (Å²) in [5.74, 6) is 0.823. The van der Waals surface area contributed by atoms with Crippen molar-refractivity contribution in [2.75, 3.05) is 49.1 Å². The molecule has 0 N–H and O–H groups in total. The number of piperidine rings is 1. The van der Waals surface area contributed by atoms with Crippen LogP contribution in [-0.2, 0) is 0 Å². The van der Waals surface area contributed by atoms with E-state index in [-0.39, 0.29) is 5.91 Å². The normalized spacial score (nSPS) is 17.7. The highest BCUT2D eigenvalue weighted by Gasteiger charge is 2.24. The van der Waals surface area contributed by atoms with Crippen molar-refractivity contribution in [3.05, 3.63) is 42.2 Å². The maximum atomic E-state index is 13.0. The molecule has 0 bridgehead atoms. The Morgan fingerprint density at radius 2 is 1.66 bits per heavy atom. The summed E-state index contributed by atoms with van der Waals surface area (Å²) < 4.78 is 1.09. The van der Waals surface area contributed by atoms with Gasteiger partial charge in [0.15, 0.2) is 5.13 Å². The quantitative estimate of drug-likeness (QED) is 0.664. The van der Waals surface area contributed by atoms with Crippen molar-refractivity contribution < 1.29 is 4.79 Å². The highest BCUT2D eigenvalue weighted by molar-refractivity contribution is 7.22. The third kappa shape index (κ3) is 3.76. The lowest BCUT2D eigenvalue weighted by Gasteiger charge is -2.34. The topological polar surface area (TPSA) is 65.5 Å². The molecule has 2 fully saturated rings. The molecule has 0 unspecified atom stereocenters. The fourth-order valence-corrected chi connectivity index (χ4v) is 5.07. The summed E-state index contributed by atoms with van der Waals surface area (Å²) in [4.78, 5) is 32.9. The molecule has 4 heterocycles. The van der Waals surface area contributed by atoms with Crippen LogP contribution in [0.15, 0.2) is 36.7 Å². The molecule has 8 heteroatoms. The number of carbonyl (C=O) groups is 1. The molecule has 0 aliphatic carbocycles. The van der Waals surface area contributed by atoms with Crippen molar-refractivity contribution in [2.45, 2.75) is 19.3 Å². The molecule has 3 aromatic rings. The summed E-state index contributed by atoms with van der Waals surface area (Å²) >= 11 is 1.70. The highest BCUT2D eigenvalue weighted by atomic mass is 32.1. The summed E-state index contributed by atoms with van der Waals surface area (Å²) in [6.07, 6.45) is 7.29. The zero-order chi connectivity index (χ0) is 19.6. The number of nitrogens with zero attached hydrogens (tertiary/aromatic N) is 6. The number of hydrogen-bond acceptors (Lipinski definition) is 7. The van der Waals surface area contributed by atoms with Crippen molar-refractivity contribution in [3.63, 3.8) is 0 Å². The van der Waals surface area contributed by atoms with Crippen LogP contribution < -0.4 is 9.80 Å². The van der Waals surface area contributed by atoms with E-state index in [9.17, 15) is 4.79 Å². The number of rotatable bonds is 3. The predicted molar refractivity (Wildman–Crippen MR) is 116 cm³/mol. The maximum absolute atomic E-state index is 13.0. The Labute approximate surface area is 174 Å². The predicted octanol–water partition coefficient (Wildman–Crippen LogP) is 3.04. The molecule has 5 rings (SSSR count). The van der Waals surface area contributed by atoms with Crippen LogP contribution in [0.1, 0.15) is 29.6 Å². The van der Waals surface area contributed by atoms with Crippen LogP contribution in [0.25, 0.3) is 10.2 Å². The van der Waals surface area contributed by atoms with Crippen LogP contribution in [0.3, 0.4) is 0 Å². The average Bonchev–Trinajstić information content (AvgIpc) is 3.23. The first-order valence-electron chi connectivity index (χ1n) is 10.2. The molecule has 0 saturated carbocycles. The summed E-state index contributed by atoms with van der Waals surface area (Å²) in [6, 6.07) is 7.72. The summed E-state index contributed by atoms with van der Waals surface area (Å²) in [5, 5.41) is 1.08. The van der Waals surface area contributed by atoms with E-state index >= 15 is 0 Å². The van der Waals surface area contributed by atoms with Gasteiger partial charge in [-0.05, 0) is 43.5 Å². The van der Waals surface area contributed by atoms with E-state index in [0.29, 0.717) is 13.1 Å². The fourth-order valence-electron chi connectivity index (χ4n) is 4.01. The van der Waals surface area contributed by atoms with Gasteiger partial charge < -0.3 is 14.7 Å². The van der Waals surface area contributed by atoms with E-state index in [1.807, 2.05) is 29.2 Å². The third-order valence-corrected chi connectivity index (χ3v) is 6.73. The Morgan fingerprint density at radius 1 is 0.897 bits per heavy atom. The number of anilines is 2. The molecule has 29 heavy (non-hydrogen) atoms. The summed E-state index contributed by atoms with van der Waals surface area (Å²) in [6.45, 7) is 5.02. The lowest BCUT2D eigenvalue weighted by atomic mass is 10.1. The fraction of sp³-hybridized carbons (Fsp3) is 0.429. The monoisotopic (exact) mass is 408 g/mol. The minimum Gasteiger partial charge on any atom is -0.348 e. The van der Waals surface area contributed by atoms with Crippen molar-refractivity contribution in [1.29, 1.82) is 0 Å². The molecule has 1 aromatic carbocycles. The van der Waals surface area contributed by atoms with Crippen LogP contribution in [0.4, 0.5) is 11.1 Å². The summed E-state index contributed by atoms with van der Waals surface area (Å²) in [5.41, 5.74) is 1.73. The average molecular weight is 409 g/mol. The molecule has 2 aliphatic rings. The van der Waals surface area contributed by atoms with Gasteiger partial charge in [-0.3, -0.25) is 4.79 Å². The zero-order valence-corrected chi connectivity index (χ0v) is 17.1. The molecule has 1 amide bonds. The van der Waals surface area contributed by atoms with E-state index in [1.54, 1.807) is 23.7 Å². The number of carbonyl (C=O) groups excluding carboxylic acids is 1. The van der Waals surface area contributed by atoms with E-state index < -0.39 is 0 Å². The Kier molecular flexibility index (Phi) is 5.01. The maximum Gasteiger partial charge on any atom is 0.254 e. The van der Waals surface area contributed by atoms with Gasteiger partial charge in [0.25, 0.3) is 5.91 Å². The van der Waals surface area contributed by atoms with Crippen LogP contribution in [0, 0.1) is 0 Å². The number of aromatic nitrogens is 3. The van der Waals surface area contributed by atoms with Gasteiger partial charge in [0.2, 0.25) is 5.95 Å². The first kappa shape index (κ1) is 18.3. The minimum atomic E-state index is 0.0912. The third-order valence-electron chi connectivity index (χ3n) is 5.65. The van der Waals surface area contributed by atoms with Gasteiger partial charge in [0.1, 0.15) is 0 Å². The first-order chi connectivity index (χ1) is 14.3. The molecular weight excluding hydrogens is 384 g/mol. The van der Waals surface area contributed by atoms with E-state index in [0.717, 1.165) is 53.0 Å². The molecule has 2 saturated heterocycles. The van der Waals surface area contributed by atoms with Crippen LogP contribution in [0.5, 0.6) is 0 Å². The van der Waals surface area contributed by atoms with Crippen molar-refractivity contribution in [1.82, 2.24) is 19.9 Å². The first-order valence-corrected chi connectivity index (χ1v) is 11.1. The van der Waals surface area contributed by atoms with Crippen molar-refractivity contribution in [3.8, 4) is 0 Å². The second kappa shape index (κ2) is 7.94. The second-order valence-corrected chi connectivity index (χ2v) is 8.56. The SMILES string of the molecule is O=C(c1ccc2nc(N3CCCCC3)sc2c1)N1CCN(c2ncccn2)CC1. The van der Waals surface area contributed by atoms with Gasteiger partial charge in [-0.15, -0.1) is 0 Å². The minimum absolute atomic E-state index is 0.0912. The van der Waals surface area contributed by atoms with Crippen LogP contribution in [0.2, 0.25) is 0 Å². The van der Waals surface area contributed by atoms with Crippen LogP contribution >= 0.6 is 11.3 Å². The Morgan fingerprint density at radius 3 is 2.41 bits per heavy atom. The Bertz CT molecular complexity index is 993. The van der Waals surface area contributed by atoms with Crippen molar-refractivity contribution in [2.24, 2.45) is 0 Å². The Balaban J connectivity index is 1.28. The molecule has 2 aliphatic heterocycles. The number of fused-ring (bicyclic) bond motifs is 1. The molecule has 150 valence electrons. The highest BCUT2D eigenvalue weighted by Crippen LogP contribution is 2.31. The van der Waals surface area contributed by atoms with Gasteiger partial charge in [0, 0.05) is 57.2 Å². The molecule has 0 radical (unpaired) electrons. The van der Waals surface area contributed by atoms with Gasteiger partial charge in [-0.1, -0.05) is 11.3 Å². The number of piperazine rings is 1. The standard InChI is InChI=1S/C21H24N6OS/c28-19(25-11-13-26(14-12-25)20-22-7-4-8-23-20)16-5-6-17-18(15-16)29-21(24-17)27-9-2-1-3-10-27/h4-8,15H,1-3,9-14H2. The molecule has 7 nitrogen and oxygen atoms in total. The zero-order valence-electron chi connectivity index (χ0n) is 16.3. The molecule has 2 aromatic heterocycles. The van der Waals surface area contributed by atoms with Crippen molar-refractivity contribution >= 4 is 38.5 Å². The lowest BCUT2D eigenvalue weighted by Crippen LogP contribution is -2.49. The molecule has 0 atom stereocenters. The number of hydrogen-bond donors (Lipinski definition) is 0. The number of benzene rings is 1. The largest absolute Gasteiger partial charge is 0.348 e. The van der Waals surface area contributed by atoms with Gasteiger partial charge in [-0.25, -0.2) is 15.0 Å². The van der Waals surface area contributed by atoms with E-state index in [1.165, 1.54) is 19.3 Å². The van der Waals surface area contributed by atoms with Gasteiger partial charge in [0.05, 0.1) is 10.2 Å². The second-order valence-electron chi connectivity index (χ2n) is 7.55. The van der Waals surface area contributed by atoms with E-state index in [4.69, 9.17) is 4.98 Å². The Hall–Kier alpha value is -2.74. The smallest absolute Gasteiger partial charge is 0.254 e. The number of amides is 1. The number of thiazole rings is 1. The van der Waals surface area contributed by atoms with Crippen LogP contribution in [-0.4, -0.2) is 65.0 Å². The lowest BCUT2D eigenvalue weighted by molar-refractivity contribution is 0.0746. The van der Waals surface area contributed by atoms with E-state index in [2.05, 4.69) is 19.8 Å². The molecule has 0 spiro atoms.